The van der Waals surface area contributed by atoms with Crippen molar-refractivity contribution in [3.05, 3.63) is 88.8 Å². The van der Waals surface area contributed by atoms with Crippen LogP contribution in [0.4, 0.5) is 5.69 Å². The molecule has 0 fully saturated rings. The van der Waals surface area contributed by atoms with Gasteiger partial charge in [0, 0.05) is 34.7 Å². The molecule has 0 saturated carbocycles. The summed E-state index contributed by atoms with van der Waals surface area (Å²) in [5, 5.41) is 6.34. The Morgan fingerprint density at radius 3 is 2.52 bits per heavy atom. The van der Waals surface area contributed by atoms with E-state index in [0.29, 0.717) is 22.0 Å². The maximum absolute atomic E-state index is 12.6. The van der Waals surface area contributed by atoms with Gasteiger partial charge in [-0.25, -0.2) is 4.98 Å². The molecule has 1 heterocycles. The van der Waals surface area contributed by atoms with Gasteiger partial charge in [-0.1, -0.05) is 41.9 Å². The molecule has 0 unspecified atom stereocenters. The summed E-state index contributed by atoms with van der Waals surface area (Å²) in [4.78, 5) is 28.3. The number of hydrogen-bond donors (Lipinski definition) is 1. The first-order valence-electron chi connectivity index (χ1n) is 9.40. The van der Waals surface area contributed by atoms with Crippen LogP contribution in [0, 0.1) is 0 Å². The first-order chi connectivity index (χ1) is 15.0. The third-order valence-electron chi connectivity index (χ3n) is 4.40. The minimum absolute atomic E-state index is 0.262. The summed E-state index contributed by atoms with van der Waals surface area (Å²) in [5.74, 6) is -0.279. The summed E-state index contributed by atoms with van der Waals surface area (Å²) in [5.41, 5.74) is 3.69. The number of nitrogens with zero attached hydrogens (tertiary/aromatic N) is 1. The van der Waals surface area contributed by atoms with Crippen LogP contribution in [0.5, 0.6) is 5.75 Å². The topological polar surface area (TPSA) is 68.3 Å². The van der Waals surface area contributed by atoms with Crippen molar-refractivity contribution in [1.82, 2.24) is 4.98 Å². The molecule has 0 spiro atoms. The number of rotatable bonds is 5. The summed E-state index contributed by atoms with van der Waals surface area (Å²) >= 11 is 7.80. The van der Waals surface area contributed by atoms with Gasteiger partial charge in [-0.2, -0.15) is 0 Å². The molecule has 0 aliphatic rings. The van der Waals surface area contributed by atoms with Crippen LogP contribution in [0.25, 0.3) is 21.8 Å². The van der Waals surface area contributed by atoms with E-state index in [-0.39, 0.29) is 5.91 Å². The van der Waals surface area contributed by atoms with Crippen LogP contribution in [0.15, 0.2) is 78.2 Å². The highest BCUT2D eigenvalue weighted by Gasteiger charge is 2.11. The SMILES string of the molecule is CC(=O)Oc1ccc(C(=O)Nc2cccc(-c3csc(-c4ccccc4Cl)n3)c2)cc1. The lowest BCUT2D eigenvalue weighted by atomic mass is 10.1. The number of aromatic nitrogens is 1. The van der Waals surface area contributed by atoms with Crippen LogP contribution in [0.2, 0.25) is 5.02 Å². The lowest BCUT2D eigenvalue weighted by molar-refractivity contribution is -0.131. The predicted octanol–water partition coefficient (Wildman–Crippen LogP) is 6.31. The number of amides is 1. The summed E-state index contributed by atoms with van der Waals surface area (Å²) in [6.07, 6.45) is 0. The van der Waals surface area contributed by atoms with Crippen LogP contribution >= 0.6 is 22.9 Å². The molecular formula is C24H17ClN2O3S. The van der Waals surface area contributed by atoms with Crippen molar-refractivity contribution in [2.45, 2.75) is 6.92 Å². The minimum Gasteiger partial charge on any atom is -0.427 e. The van der Waals surface area contributed by atoms with Gasteiger partial charge >= 0.3 is 5.97 Å². The van der Waals surface area contributed by atoms with Crippen LogP contribution in [-0.4, -0.2) is 16.9 Å². The van der Waals surface area contributed by atoms with Crippen molar-refractivity contribution in [2.75, 3.05) is 5.32 Å². The molecule has 7 heteroatoms. The fourth-order valence-electron chi connectivity index (χ4n) is 2.96. The summed E-state index contributed by atoms with van der Waals surface area (Å²) in [6, 6.07) is 21.5. The van der Waals surface area contributed by atoms with E-state index in [1.54, 1.807) is 24.3 Å². The fraction of sp³-hybridized carbons (Fsp3) is 0.0417. The van der Waals surface area contributed by atoms with Gasteiger partial charge < -0.3 is 10.1 Å². The molecule has 1 aromatic heterocycles. The fourth-order valence-corrected chi connectivity index (χ4v) is 4.11. The highest BCUT2D eigenvalue weighted by atomic mass is 35.5. The van der Waals surface area contributed by atoms with Crippen molar-refractivity contribution in [3.8, 4) is 27.6 Å². The number of carbonyl (C=O) groups is 2. The second kappa shape index (κ2) is 9.12. The molecule has 4 aromatic rings. The predicted molar refractivity (Wildman–Crippen MR) is 124 cm³/mol. The number of thiazole rings is 1. The highest BCUT2D eigenvalue weighted by molar-refractivity contribution is 7.13. The van der Waals surface area contributed by atoms with Crippen LogP contribution in [-0.2, 0) is 4.79 Å². The largest absolute Gasteiger partial charge is 0.427 e. The quantitative estimate of drug-likeness (QED) is 0.287. The number of ether oxygens (including phenoxy) is 1. The van der Waals surface area contributed by atoms with Crippen LogP contribution in [0.3, 0.4) is 0 Å². The molecule has 0 saturated heterocycles. The Kier molecular flexibility index (Phi) is 6.11. The molecule has 4 rings (SSSR count). The van der Waals surface area contributed by atoms with E-state index in [9.17, 15) is 9.59 Å². The molecule has 0 aliphatic heterocycles. The maximum atomic E-state index is 12.6. The second-order valence-corrected chi connectivity index (χ2v) is 7.94. The molecule has 5 nitrogen and oxygen atoms in total. The maximum Gasteiger partial charge on any atom is 0.308 e. The molecule has 0 atom stereocenters. The molecule has 0 bridgehead atoms. The van der Waals surface area contributed by atoms with Crippen molar-refractivity contribution in [1.29, 1.82) is 0 Å². The third-order valence-corrected chi connectivity index (χ3v) is 5.61. The lowest BCUT2D eigenvalue weighted by Crippen LogP contribution is -2.12. The zero-order valence-electron chi connectivity index (χ0n) is 16.5. The van der Waals surface area contributed by atoms with E-state index in [0.717, 1.165) is 21.8 Å². The molecular weight excluding hydrogens is 432 g/mol. The number of anilines is 1. The second-order valence-electron chi connectivity index (χ2n) is 6.67. The molecule has 31 heavy (non-hydrogen) atoms. The number of carbonyl (C=O) groups excluding carboxylic acids is 2. The summed E-state index contributed by atoms with van der Waals surface area (Å²) in [6.45, 7) is 1.33. The molecule has 154 valence electrons. The van der Waals surface area contributed by atoms with Gasteiger partial charge in [0.2, 0.25) is 0 Å². The Morgan fingerprint density at radius 1 is 1.00 bits per heavy atom. The van der Waals surface area contributed by atoms with Crippen LogP contribution in [0.1, 0.15) is 17.3 Å². The lowest BCUT2D eigenvalue weighted by Gasteiger charge is -2.07. The highest BCUT2D eigenvalue weighted by Crippen LogP contribution is 2.33. The van der Waals surface area contributed by atoms with Crippen LogP contribution < -0.4 is 10.1 Å². The van der Waals surface area contributed by atoms with E-state index in [4.69, 9.17) is 21.3 Å². The Bertz CT molecular complexity index is 1250. The van der Waals surface area contributed by atoms with Gasteiger partial charge in [-0.15, -0.1) is 11.3 Å². The van der Waals surface area contributed by atoms with Crippen molar-refractivity contribution < 1.29 is 14.3 Å². The molecule has 0 radical (unpaired) electrons. The van der Waals surface area contributed by atoms with Crippen molar-refractivity contribution in [3.63, 3.8) is 0 Å². The van der Waals surface area contributed by atoms with Gasteiger partial charge in [0.1, 0.15) is 10.8 Å². The molecule has 1 N–H and O–H groups in total. The average molecular weight is 449 g/mol. The third kappa shape index (κ3) is 4.99. The van der Waals surface area contributed by atoms with E-state index in [1.807, 2.05) is 53.9 Å². The van der Waals surface area contributed by atoms with Gasteiger partial charge in [0.25, 0.3) is 5.91 Å². The number of hydrogen-bond acceptors (Lipinski definition) is 5. The molecule has 1 amide bonds. The molecule has 0 aliphatic carbocycles. The summed E-state index contributed by atoms with van der Waals surface area (Å²) in [7, 11) is 0. The zero-order chi connectivity index (χ0) is 21.8. The van der Waals surface area contributed by atoms with E-state index < -0.39 is 5.97 Å². The number of nitrogens with one attached hydrogen (secondary N) is 1. The number of esters is 1. The first kappa shape index (κ1) is 20.8. The normalized spacial score (nSPS) is 10.5. The van der Waals surface area contributed by atoms with Gasteiger partial charge in [0.05, 0.1) is 10.7 Å². The van der Waals surface area contributed by atoms with E-state index in [1.165, 1.54) is 18.3 Å². The Balaban J connectivity index is 1.51. The smallest absolute Gasteiger partial charge is 0.308 e. The monoisotopic (exact) mass is 448 g/mol. The minimum atomic E-state index is -0.409. The summed E-state index contributed by atoms with van der Waals surface area (Å²) < 4.78 is 4.99. The van der Waals surface area contributed by atoms with Gasteiger partial charge in [-0.3, -0.25) is 9.59 Å². The van der Waals surface area contributed by atoms with Crippen molar-refractivity contribution in [2.24, 2.45) is 0 Å². The van der Waals surface area contributed by atoms with Gasteiger partial charge in [-0.05, 0) is 42.5 Å². The molecule has 3 aromatic carbocycles. The zero-order valence-corrected chi connectivity index (χ0v) is 18.0. The van der Waals surface area contributed by atoms with Crippen molar-refractivity contribution >= 4 is 40.5 Å². The van der Waals surface area contributed by atoms with E-state index >= 15 is 0 Å². The number of halogens is 1. The Labute approximate surface area is 188 Å². The standard InChI is InChI=1S/C24H17ClN2O3S/c1-15(28)30-19-11-9-16(10-12-19)23(29)26-18-6-4-5-17(13-18)22-14-31-24(27-22)20-7-2-3-8-21(20)25/h2-14H,1H3,(H,26,29). The average Bonchev–Trinajstić information content (AvgIpc) is 3.24. The van der Waals surface area contributed by atoms with E-state index in [2.05, 4.69) is 5.32 Å². The van der Waals surface area contributed by atoms with Gasteiger partial charge in [0.15, 0.2) is 0 Å². The Hall–Kier alpha value is -3.48. The number of benzene rings is 3. The Morgan fingerprint density at radius 2 is 1.77 bits per heavy atom. The first-order valence-corrected chi connectivity index (χ1v) is 10.7.